The quantitative estimate of drug-likeness (QED) is 0.0320. The molecule has 0 radical (unpaired) electrons. The summed E-state index contributed by atoms with van der Waals surface area (Å²) < 4.78 is 5.49. The lowest BCUT2D eigenvalue weighted by Crippen LogP contribution is -2.45. The van der Waals surface area contributed by atoms with E-state index in [1.807, 2.05) is 0 Å². The van der Waals surface area contributed by atoms with Crippen LogP contribution in [0.4, 0.5) is 0 Å². The minimum absolute atomic E-state index is 0.00574. The van der Waals surface area contributed by atoms with E-state index in [2.05, 4.69) is 43.5 Å². The van der Waals surface area contributed by atoms with Crippen LogP contribution in [0.5, 0.6) is 0 Å². The monoisotopic (exact) mass is 1030 g/mol. The molecule has 0 saturated carbocycles. The number of rotatable bonds is 62. The van der Waals surface area contributed by atoms with Crippen molar-refractivity contribution in [1.82, 2.24) is 5.32 Å². The molecule has 0 aliphatic carbocycles. The third kappa shape index (κ3) is 59.4. The fourth-order valence-corrected chi connectivity index (χ4v) is 10.4. The zero-order valence-corrected chi connectivity index (χ0v) is 49.4. The highest BCUT2D eigenvalue weighted by atomic mass is 16.5. The van der Waals surface area contributed by atoms with Gasteiger partial charge in [-0.2, -0.15) is 0 Å². The van der Waals surface area contributed by atoms with Gasteiger partial charge in [-0.15, -0.1) is 0 Å². The van der Waals surface area contributed by atoms with Gasteiger partial charge in [0.25, 0.3) is 0 Å². The first kappa shape index (κ1) is 71.3. The number of hydrogen-bond acceptors (Lipinski definition) is 5. The number of esters is 1. The van der Waals surface area contributed by atoms with Crippen molar-refractivity contribution in [3.63, 3.8) is 0 Å². The van der Waals surface area contributed by atoms with Gasteiger partial charge in [-0.3, -0.25) is 9.59 Å². The van der Waals surface area contributed by atoms with Crippen LogP contribution < -0.4 is 5.32 Å². The van der Waals surface area contributed by atoms with Crippen LogP contribution in [-0.4, -0.2) is 47.4 Å². The Kier molecular flexibility index (Phi) is 61.4. The average Bonchev–Trinajstić information content (AvgIpc) is 3.39. The lowest BCUT2D eigenvalue weighted by atomic mass is 10.0. The molecule has 0 saturated heterocycles. The average molecular weight is 1030 g/mol. The Hall–Kier alpha value is -1.66. The Morgan fingerprint density at radius 3 is 0.973 bits per heavy atom. The summed E-state index contributed by atoms with van der Waals surface area (Å²) in [4.78, 5) is 24.6. The lowest BCUT2D eigenvalue weighted by Gasteiger charge is -2.22. The highest BCUT2D eigenvalue weighted by molar-refractivity contribution is 5.76. The number of carbonyl (C=O) groups is 2. The predicted octanol–water partition coefficient (Wildman–Crippen LogP) is 21.0. The number of ether oxygens (including phenoxy) is 1. The standard InChI is InChI=1S/C67H129NO5/c1-3-5-7-9-11-13-15-17-19-31-35-39-43-47-51-55-59-65(70)64(63-69)68-66(71)60-56-52-48-44-40-36-32-29-27-25-23-21-22-24-26-28-30-34-38-42-46-50-54-58-62-73-67(72)61-57-53-49-45-41-37-33-20-18-16-14-12-10-8-6-4-2/h20,23,25,33,64-65,69-70H,3-19,21-22,24,26-32,34-63H2,1-2H3,(H,68,71)/b25-23-,33-20-. The minimum atomic E-state index is -0.667. The van der Waals surface area contributed by atoms with Crippen molar-refractivity contribution in [2.75, 3.05) is 13.2 Å². The largest absolute Gasteiger partial charge is 0.466 e. The molecule has 73 heavy (non-hydrogen) atoms. The minimum Gasteiger partial charge on any atom is -0.466 e. The zero-order valence-electron chi connectivity index (χ0n) is 49.4. The summed E-state index contributed by atoms with van der Waals surface area (Å²) in [5.41, 5.74) is 0. The second kappa shape index (κ2) is 62.9. The van der Waals surface area contributed by atoms with Crippen LogP contribution in [0.3, 0.4) is 0 Å². The maximum Gasteiger partial charge on any atom is 0.305 e. The van der Waals surface area contributed by atoms with Crippen molar-refractivity contribution in [2.45, 2.75) is 379 Å². The van der Waals surface area contributed by atoms with E-state index in [4.69, 9.17) is 4.74 Å². The summed E-state index contributed by atoms with van der Waals surface area (Å²) >= 11 is 0. The molecule has 3 N–H and O–H groups in total. The predicted molar refractivity (Wildman–Crippen MR) is 320 cm³/mol. The van der Waals surface area contributed by atoms with Gasteiger partial charge in [0.1, 0.15) is 0 Å². The topological polar surface area (TPSA) is 95.9 Å². The first-order chi connectivity index (χ1) is 36.0. The van der Waals surface area contributed by atoms with Gasteiger partial charge in [0.2, 0.25) is 5.91 Å². The van der Waals surface area contributed by atoms with Crippen molar-refractivity contribution < 1.29 is 24.5 Å². The van der Waals surface area contributed by atoms with E-state index in [0.29, 0.717) is 25.9 Å². The van der Waals surface area contributed by atoms with E-state index in [1.165, 1.54) is 289 Å². The van der Waals surface area contributed by atoms with Gasteiger partial charge >= 0.3 is 5.97 Å². The third-order valence-corrected chi connectivity index (χ3v) is 15.5. The summed E-state index contributed by atoms with van der Waals surface area (Å²) in [6.07, 6.45) is 77.7. The number of allylic oxidation sites excluding steroid dienone is 4. The lowest BCUT2D eigenvalue weighted by molar-refractivity contribution is -0.143. The highest BCUT2D eigenvalue weighted by Gasteiger charge is 2.20. The molecule has 0 aliphatic heterocycles. The van der Waals surface area contributed by atoms with Gasteiger partial charge in [0.15, 0.2) is 0 Å². The van der Waals surface area contributed by atoms with Gasteiger partial charge in [-0.1, -0.05) is 301 Å². The molecule has 0 aromatic rings. The van der Waals surface area contributed by atoms with E-state index in [-0.39, 0.29) is 18.5 Å². The van der Waals surface area contributed by atoms with E-state index in [9.17, 15) is 19.8 Å². The summed E-state index contributed by atoms with van der Waals surface area (Å²) in [5, 5.41) is 23.3. The van der Waals surface area contributed by atoms with E-state index < -0.39 is 12.1 Å². The van der Waals surface area contributed by atoms with Crippen molar-refractivity contribution in [1.29, 1.82) is 0 Å². The van der Waals surface area contributed by atoms with E-state index >= 15 is 0 Å². The summed E-state index contributed by atoms with van der Waals surface area (Å²) in [6, 6.07) is -0.545. The van der Waals surface area contributed by atoms with Crippen LogP contribution in [0.25, 0.3) is 0 Å². The molecule has 432 valence electrons. The number of unbranched alkanes of at least 4 members (excludes halogenated alkanes) is 47. The molecule has 2 unspecified atom stereocenters. The fraction of sp³-hybridized carbons (Fsp3) is 0.910. The summed E-state index contributed by atoms with van der Waals surface area (Å²) in [5.74, 6) is -0.0313. The van der Waals surface area contributed by atoms with Crippen molar-refractivity contribution in [2.24, 2.45) is 0 Å². The van der Waals surface area contributed by atoms with Gasteiger partial charge in [-0.05, 0) is 77.0 Å². The number of hydrogen-bond donors (Lipinski definition) is 3. The molecular weight excluding hydrogens is 899 g/mol. The molecule has 0 heterocycles. The number of aliphatic hydroxyl groups excluding tert-OH is 2. The number of nitrogens with one attached hydrogen (secondary N) is 1. The molecule has 2 atom stereocenters. The Morgan fingerprint density at radius 1 is 0.370 bits per heavy atom. The molecule has 0 aromatic heterocycles. The first-order valence-electron chi connectivity index (χ1n) is 33.1. The molecule has 6 nitrogen and oxygen atoms in total. The normalized spacial score (nSPS) is 12.7. The molecule has 0 spiro atoms. The summed E-state index contributed by atoms with van der Waals surface area (Å²) in [7, 11) is 0. The SMILES string of the molecule is CCCCCCCCC/C=C\CCCCCCCC(=O)OCCCCCCCCCCCCCC/C=C\CCCCCCCCCCC(=O)NC(CO)C(O)CCCCCCCCCCCCCCCCCC. The van der Waals surface area contributed by atoms with E-state index in [0.717, 1.165) is 44.9 Å². The van der Waals surface area contributed by atoms with Crippen LogP contribution in [0.2, 0.25) is 0 Å². The number of carbonyl (C=O) groups excluding carboxylic acids is 2. The Balaban J connectivity index is 3.39. The number of aliphatic hydroxyl groups is 2. The van der Waals surface area contributed by atoms with Crippen LogP contribution >= 0.6 is 0 Å². The fourth-order valence-electron chi connectivity index (χ4n) is 10.4. The Morgan fingerprint density at radius 2 is 0.644 bits per heavy atom. The van der Waals surface area contributed by atoms with Gasteiger partial charge < -0.3 is 20.3 Å². The third-order valence-electron chi connectivity index (χ3n) is 15.5. The molecule has 1 amide bonds. The van der Waals surface area contributed by atoms with Gasteiger partial charge in [0, 0.05) is 12.8 Å². The molecule has 0 fully saturated rings. The Labute approximate surface area is 456 Å². The maximum absolute atomic E-state index is 12.5. The Bertz CT molecular complexity index is 1140. The first-order valence-corrected chi connectivity index (χ1v) is 33.1. The molecular formula is C67H129NO5. The van der Waals surface area contributed by atoms with Crippen molar-refractivity contribution >= 4 is 11.9 Å². The maximum atomic E-state index is 12.5. The second-order valence-electron chi connectivity index (χ2n) is 22.8. The molecule has 0 bridgehead atoms. The molecule has 0 aromatic carbocycles. The second-order valence-corrected chi connectivity index (χ2v) is 22.8. The van der Waals surface area contributed by atoms with Crippen molar-refractivity contribution in [3.8, 4) is 0 Å². The molecule has 6 heteroatoms. The van der Waals surface area contributed by atoms with Gasteiger partial charge in [-0.25, -0.2) is 0 Å². The van der Waals surface area contributed by atoms with Crippen molar-refractivity contribution in [3.05, 3.63) is 24.3 Å². The number of amides is 1. The molecule has 0 aliphatic rings. The van der Waals surface area contributed by atoms with Gasteiger partial charge in [0.05, 0.1) is 25.4 Å². The van der Waals surface area contributed by atoms with Crippen LogP contribution in [0, 0.1) is 0 Å². The van der Waals surface area contributed by atoms with Crippen LogP contribution in [0.15, 0.2) is 24.3 Å². The van der Waals surface area contributed by atoms with Crippen LogP contribution in [0.1, 0.15) is 367 Å². The zero-order chi connectivity index (χ0) is 52.9. The smallest absolute Gasteiger partial charge is 0.305 e. The summed E-state index contributed by atoms with van der Waals surface area (Å²) in [6.45, 7) is 4.97. The van der Waals surface area contributed by atoms with E-state index in [1.54, 1.807) is 0 Å². The molecule has 0 rings (SSSR count). The van der Waals surface area contributed by atoms with Crippen LogP contribution in [-0.2, 0) is 14.3 Å². The highest BCUT2D eigenvalue weighted by Crippen LogP contribution is 2.18.